The van der Waals surface area contributed by atoms with E-state index in [1.54, 1.807) is 18.2 Å². The molecule has 0 aliphatic carbocycles. The van der Waals surface area contributed by atoms with E-state index in [1.807, 2.05) is 24.3 Å². The number of rotatable bonds is 6. The maximum atomic E-state index is 11.3. The van der Waals surface area contributed by atoms with Gasteiger partial charge in [0, 0.05) is 6.54 Å². The average Bonchev–Trinajstić information content (AvgIpc) is 3.15. The third-order valence-corrected chi connectivity index (χ3v) is 4.27. The lowest BCUT2D eigenvalue weighted by atomic mass is 9.99. The molecule has 0 bridgehead atoms. The third-order valence-electron chi connectivity index (χ3n) is 3.77. The first kappa shape index (κ1) is 21.2. The van der Waals surface area contributed by atoms with E-state index < -0.39 is 10.1 Å². The summed E-state index contributed by atoms with van der Waals surface area (Å²) in [4.78, 5) is 12.8. The lowest BCUT2D eigenvalue weighted by Crippen LogP contribution is -2.37. The van der Waals surface area contributed by atoms with Crippen molar-refractivity contribution in [1.29, 1.82) is 0 Å². The highest BCUT2D eigenvalue weighted by molar-refractivity contribution is 7.86. The second-order valence-corrected chi connectivity index (χ2v) is 7.58. The second-order valence-electron chi connectivity index (χ2n) is 6.01. The number of guanidine groups is 1. The van der Waals surface area contributed by atoms with Crippen LogP contribution in [0, 0.1) is 0 Å². The van der Waals surface area contributed by atoms with E-state index in [2.05, 4.69) is 27.8 Å². The van der Waals surface area contributed by atoms with Gasteiger partial charge in [-0.15, -0.1) is 0 Å². The van der Waals surface area contributed by atoms with Gasteiger partial charge < -0.3 is 19.9 Å². The fourth-order valence-corrected chi connectivity index (χ4v) is 3.19. The molecule has 2 aromatic rings. The molecule has 1 aliphatic rings. The second kappa shape index (κ2) is 10.3. The molecule has 1 atom stereocenters. The molecule has 9 heteroatoms. The summed E-state index contributed by atoms with van der Waals surface area (Å²) < 4.78 is 27.6. The van der Waals surface area contributed by atoms with Crippen molar-refractivity contribution in [2.45, 2.75) is 12.5 Å². The van der Waals surface area contributed by atoms with Crippen molar-refractivity contribution in [2.75, 3.05) is 19.3 Å². The minimum absolute atomic E-state index is 0.0130. The van der Waals surface area contributed by atoms with E-state index >= 15 is 0 Å². The number of hydrogen-bond acceptors (Lipinski definition) is 7. The molecule has 1 unspecified atom stereocenters. The summed E-state index contributed by atoms with van der Waals surface area (Å²) in [7, 11) is -3.54. The predicted molar refractivity (Wildman–Crippen MR) is 107 cm³/mol. The lowest BCUT2D eigenvalue weighted by Gasteiger charge is -2.21. The van der Waals surface area contributed by atoms with Gasteiger partial charge in [0.05, 0.1) is 18.8 Å². The summed E-state index contributed by atoms with van der Waals surface area (Å²) >= 11 is 0. The Kier molecular flexibility index (Phi) is 7.82. The van der Waals surface area contributed by atoms with E-state index in [1.165, 1.54) is 0 Å². The topological polar surface area (TPSA) is 117 Å². The normalized spacial score (nSPS) is 14.0. The first-order chi connectivity index (χ1) is 13.4. The molecule has 0 saturated carbocycles. The zero-order valence-electron chi connectivity index (χ0n) is 15.4. The Morgan fingerprint density at radius 2 is 1.96 bits per heavy atom. The Labute approximate surface area is 164 Å². The molecule has 28 heavy (non-hydrogen) atoms. The smallest absolute Gasteiger partial charge is 0.306 e. The quantitative estimate of drug-likeness (QED) is 0.493. The molecule has 0 fully saturated rings. The first-order valence-corrected chi connectivity index (χ1v) is 10.4. The van der Waals surface area contributed by atoms with Gasteiger partial charge in [-0.1, -0.05) is 42.5 Å². The molecule has 3 rings (SSSR count). The molecule has 150 valence electrons. The Morgan fingerprint density at radius 1 is 1.25 bits per heavy atom. The van der Waals surface area contributed by atoms with Crippen molar-refractivity contribution >= 4 is 22.5 Å². The summed E-state index contributed by atoms with van der Waals surface area (Å²) in [5, 5.41) is 13.5. The Hall–Kier alpha value is -3.07. The standard InChI is InChI=1S/C18H21N3O3S.CH2O2/c1-25(22,23)24-16-9-5-6-14(12-16)13-17(15-7-3-2-4-8-15)21-18-19-10-11-20-18;2-1-3/h2-9,12,17H,10-11,13H2,1H3,(H2,19,20,21);1H,(H,2,3). The van der Waals surface area contributed by atoms with Crippen LogP contribution in [0.15, 0.2) is 59.6 Å². The fraction of sp³-hybridized carbons (Fsp3) is 0.263. The minimum Gasteiger partial charge on any atom is -0.483 e. The summed E-state index contributed by atoms with van der Waals surface area (Å²) in [6.07, 6.45) is 1.71. The van der Waals surface area contributed by atoms with Crippen LogP contribution in [0.2, 0.25) is 0 Å². The molecule has 0 aromatic heterocycles. The summed E-state index contributed by atoms with van der Waals surface area (Å²) in [5.41, 5.74) is 2.11. The van der Waals surface area contributed by atoms with Gasteiger partial charge in [0.1, 0.15) is 5.75 Å². The molecule has 0 amide bonds. The van der Waals surface area contributed by atoms with Crippen LogP contribution >= 0.6 is 0 Å². The SMILES string of the molecule is CS(=O)(=O)Oc1cccc(CC(NC2=NCCN2)c2ccccc2)c1.O=CO. The van der Waals surface area contributed by atoms with Crippen molar-refractivity contribution < 1.29 is 22.5 Å². The Morgan fingerprint density at radius 3 is 2.57 bits per heavy atom. The molecule has 0 radical (unpaired) electrons. The van der Waals surface area contributed by atoms with Gasteiger partial charge in [0.15, 0.2) is 5.96 Å². The largest absolute Gasteiger partial charge is 0.483 e. The molecular weight excluding hydrogens is 382 g/mol. The monoisotopic (exact) mass is 405 g/mol. The molecule has 2 aromatic carbocycles. The average molecular weight is 405 g/mol. The maximum Gasteiger partial charge on any atom is 0.306 e. The molecule has 3 N–H and O–H groups in total. The van der Waals surface area contributed by atoms with Crippen LogP contribution in [0.3, 0.4) is 0 Å². The van der Waals surface area contributed by atoms with Crippen LogP contribution in [0.1, 0.15) is 17.2 Å². The van der Waals surface area contributed by atoms with Crippen molar-refractivity contribution in [1.82, 2.24) is 10.6 Å². The Bertz CT molecular complexity index is 901. The molecule has 8 nitrogen and oxygen atoms in total. The number of aliphatic imine (C=N–C) groups is 1. The van der Waals surface area contributed by atoms with Gasteiger partial charge in [-0.05, 0) is 29.7 Å². The van der Waals surface area contributed by atoms with Crippen LogP contribution in [-0.2, 0) is 21.3 Å². The fourth-order valence-electron chi connectivity index (χ4n) is 2.73. The van der Waals surface area contributed by atoms with E-state index in [0.717, 1.165) is 36.4 Å². The van der Waals surface area contributed by atoms with Crippen molar-refractivity contribution in [3.05, 3.63) is 65.7 Å². The highest BCUT2D eigenvalue weighted by Gasteiger charge is 2.16. The van der Waals surface area contributed by atoms with Gasteiger partial charge in [0.2, 0.25) is 0 Å². The van der Waals surface area contributed by atoms with Crippen LogP contribution in [0.5, 0.6) is 5.75 Å². The van der Waals surface area contributed by atoms with Crippen LogP contribution < -0.4 is 14.8 Å². The van der Waals surface area contributed by atoms with E-state index in [9.17, 15) is 8.42 Å². The van der Waals surface area contributed by atoms with Crippen molar-refractivity contribution in [3.8, 4) is 5.75 Å². The first-order valence-electron chi connectivity index (χ1n) is 8.57. The number of nitrogens with zero attached hydrogens (tertiary/aromatic N) is 1. The van der Waals surface area contributed by atoms with Gasteiger partial charge in [-0.2, -0.15) is 8.42 Å². The van der Waals surface area contributed by atoms with Gasteiger partial charge in [-0.3, -0.25) is 9.79 Å². The number of benzene rings is 2. The summed E-state index contributed by atoms with van der Waals surface area (Å²) in [5.74, 6) is 1.11. The zero-order valence-corrected chi connectivity index (χ0v) is 16.2. The third kappa shape index (κ3) is 7.28. The molecule has 1 aliphatic heterocycles. The number of carboxylic acid groups (broad SMARTS) is 1. The molecule has 0 spiro atoms. The number of carbonyl (C=O) groups is 1. The van der Waals surface area contributed by atoms with Gasteiger partial charge >= 0.3 is 10.1 Å². The summed E-state index contributed by atoms with van der Waals surface area (Å²) in [6.45, 7) is 1.35. The van der Waals surface area contributed by atoms with E-state index in [-0.39, 0.29) is 12.5 Å². The van der Waals surface area contributed by atoms with Crippen molar-refractivity contribution in [2.24, 2.45) is 4.99 Å². The predicted octanol–water partition coefficient (Wildman–Crippen LogP) is 1.56. The maximum absolute atomic E-state index is 11.3. The van der Waals surface area contributed by atoms with Gasteiger partial charge in [-0.25, -0.2) is 0 Å². The van der Waals surface area contributed by atoms with Crippen LogP contribution in [-0.4, -0.2) is 45.3 Å². The molecule has 1 heterocycles. The van der Waals surface area contributed by atoms with Crippen LogP contribution in [0.25, 0.3) is 0 Å². The van der Waals surface area contributed by atoms with Gasteiger partial charge in [0.25, 0.3) is 6.47 Å². The highest BCUT2D eigenvalue weighted by atomic mass is 32.2. The van der Waals surface area contributed by atoms with E-state index in [4.69, 9.17) is 14.1 Å². The van der Waals surface area contributed by atoms with E-state index in [0.29, 0.717) is 12.2 Å². The van der Waals surface area contributed by atoms with Crippen LogP contribution in [0.4, 0.5) is 0 Å². The lowest BCUT2D eigenvalue weighted by molar-refractivity contribution is -0.122. The highest BCUT2D eigenvalue weighted by Crippen LogP contribution is 2.22. The Balaban J connectivity index is 0.000000878. The number of nitrogens with one attached hydrogen (secondary N) is 2. The minimum atomic E-state index is -3.54. The summed E-state index contributed by atoms with van der Waals surface area (Å²) in [6, 6.07) is 17.2. The molecule has 0 saturated heterocycles. The van der Waals surface area contributed by atoms with Crippen molar-refractivity contribution in [3.63, 3.8) is 0 Å². The zero-order chi connectivity index (χ0) is 20.4. The molecular formula is C19H23N3O5S. The number of hydrogen-bond donors (Lipinski definition) is 3.